The van der Waals surface area contributed by atoms with Crippen LogP contribution in [0.25, 0.3) is 0 Å². The van der Waals surface area contributed by atoms with Crippen LogP contribution in [-0.4, -0.2) is 22.9 Å². The first-order valence-corrected chi connectivity index (χ1v) is 1.82. The zero-order valence-electron chi connectivity index (χ0n) is 5.93. The first kappa shape index (κ1) is 31.6. The summed E-state index contributed by atoms with van der Waals surface area (Å²) in [4.78, 5) is 17.8. The van der Waals surface area contributed by atoms with Gasteiger partial charge < -0.3 is 30.8 Å². The molecule has 0 bridgehead atoms. The fourth-order valence-corrected chi connectivity index (χ4v) is 0. The maximum absolute atomic E-state index is 8.89. The van der Waals surface area contributed by atoms with Gasteiger partial charge >= 0.3 is 17.1 Å². The van der Waals surface area contributed by atoms with E-state index in [-0.39, 0.29) is 28.0 Å². The molecular formula is C4H10CuO6. The van der Waals surface area contributed by atoms with Crippen molar-refractivity contribution in [2.75, 3.05) is 0 Å². The predicted octanol–water partition coefficient (Wildman–Crippen LogP) is -4.14. The molecule has 0 atom stereocenters. The van der Waals surface area contributed by atoms with Crippen molar-refractivity contribution in [2.24, 2.45) is 0 Å². The molecule has 0 unspecified atom stereocenters. The van der Waals surface area contributed by atoms with Gasteiger partial charge in [0.15, 0.2) is 0 Å². The molecule has 1 radical (unpaired) electrons. The summed E-state index contributed by atoms with van der Waals surface area (Å²) >= 11 is 0. The number of carboxylic acids is 2. The van der Waals surface area contributed by atoms with Gasteiger partial charge in [-0.25, -0.2) is 0 Å². The Balaban J connectivity index is -0.0000000171. The SMILES string of the molecule is CC(=O)[O-].CC(=O)[O-].O.O.[Cu+2]. The summed E-state index contributed by atoms with van der Waals surface area (Å²) in [6.07, 6.45) is 0. The van der Waals surface area contributed by atoms with Crippen molar-refractivity contribution in [2.45, 2.75) is 13.8 Å². The smallest absolute Gasteiger partial charge is 0.550 e. The molecule has 0 fully saturated rings. The summed E-state index contributed by atoms with van der Waals surface area (Å²) in [6, 6.07) is 0. The van der Waals surface area contributed by atoms with E-state index in [1.807, 2.05) is 0 Å². The molecule has 7 heteroatoms. The third kappa shape index (κ3) is 1330. The molecule has 0 rings (SSSR count). The number of rotatable bonds is 0. The number of aliphatic carboxylic acids is 2. The fraction of sp³-hybridized carbons (Fsp3) is 0.500. The Morgan fingerprint density at radius 3 is 0.909 bits per heavy atom. The van der Waals surface area contributed by atoms with Gasteiger partial charge in [0.05, 0.1) is 0 Å². The van der Waals surface area contributed by atoms with Gasteiger partial charge in [-0.15, -0.1) is 0 Å². The van der Waals surface area contributed by atoms with Crippen LogP contribution in [0.2, 0.25) is 0 Å². The number of carbonyl (C=O) groups is 2. The normalized spacial score (nSPS) is 4.55. The predicted molar refractivity (Wildman–Crippen MR) is 28.6 cm³/mol. The average Bonchev–Trinajstić information content (AvgIpc) is 1.25. The van der Waals surface area contributed by atoms with Crippen LogP contribution in [0.3, 0.4) is 0 Å². The van der Waals surface area contributed by atoms with E-state index in [4.69, 9.17) is 19.8 Å². The van der Waals surface area contributed by atoms with Crippen LogP contribution in [0.5, 0.6) is 0 Å². The van der Waals surface area contributed by atoms with Crippen LogP contribution in [0.1, 0.15) is 13.8 Å². The van der Waals surface area contributed by atoms with Crippen molar-refractivity contribution in [1.29, 1.82) is 0 Å². The molecule has 0 amide bonds. The largest absolute Gasteiger partial charge is 2.00 e. The molecule has 0 aromatic carbocycles. The first-order valence-electron chi connectivity index (χ1n) is 1.82. The molecule has 6 nitrogen and oxygen atoms in total. The quantitative estimate of drug-likeness (QED) is 0.380. The van der Waals surface area contributed by atoms with Crippen molar-refractivity contribution in [3.8, 4) is 0 Å². The Hall–Kier alpha value is -0.621. The monoisotopic (exact) mass is 217 g/mol. The van der Waals surface area contributed by atoms with E-state index in [9.17, 15) is 0 Å². The Labute approximate surface area is 74.3 Å². The molecule has 0 heterocycles. The minimum atomic E-state index is -1.08. The summed E-state index contributed by atoms with van der Waals surface area (Å²) < 4.78 is 0. The van der Waals surface area contributed by atoms with Crippen molar-refractivity contribution >= 4 is 11.9 Å². The second kappa shape index (κ2) is 22.8. The molecule has 0 aliphatic heterocycles. The van der Waals surface area contributed by atoms with Gasteiger partial charge in [0.2, 0.25) is 0 Å². The molecule has 11 heavy (non-hydrogen) atoms. The Bertz CT molecular complexity index is 72.6. The molecule has 73 valence electrons. The molecule has 0 saturated carbocycles. The zero-order chi connectivity index (χ0) is 7.15. The number of hydrogen-bond acceptors (Lipinski definition) is 4. The third-order valence-electron chi connectivity index (χ3n) is 0. The van der Waals surface area contributed by atoms with Crippen LogP contribution >= 0.6 is 0 Å². The fourth-order valence-electron chi connectivity index (χ4n) is 0. The van der Waals surface area contributed by atoms with Crippen molar-refractivity contribution in [1.82, 2.24) is 0 Å². The van der Waals surface area contributed by atoms with Gasteiger partial charge in [0.1, 0.15) is 0 Å². The van der Waals surface area contributed by atoms with Gasteiger partial charge in [-0.1, -0.05) is 0 Å². The van der Waals surface area contributed by atoms with E-state index in [1.165, 1.54) is 0 Å². The van der Waals surface area contributed by atoms with E-state index in [2.05, 4.69) is 0 Å². The van der Waals surface area contributed by atoms with Gasteiger partial charge in [-0.05, 0) is 13.8 Å². The van der Waals surface area contributed by atoms with E-state index >= 15 is 0 Å². The van der Waals surface area contributed by atoms with E-state index in [1.54, 1.807) is 0 Å². The standard InChI is InChI=1S/2C2H4O2.Cu.2H2O/c2*1-2(3)4;;;/h2*1H3,(H,3,4);;2*1H2/q;;+2;;/p-2. The Morgan fingerprint density at radius 1 is 0.909 bits per heavy atom. The summed E-state index contributed by atoms with van der Waals surface area (Å²) in [5, 5.41) is 17.8. The minimum absolute atomic E-state index is 0. The molecule has 4 N–H and O–H groups in total. The first-order chi connectivity index (χ1) is 3.46. The summed E-state index contributed by atoms with van der Waals surface area (Å²) in [5.74, 6) is -2.17. The van der Waals surface area contributed by atoms with E-state index in [0.717, 1.165) is 13.8 Å². The van der Waals surface area contributed by atoms with Crippen LogP contribution in [0, 0.1) is 0 Å². The van der Waals surface area contributed by atoms with Crippen molar-refractivity contribution in [3.05, 3.63) is 0 Å². The third-order valence-corrected chi connectivity index (χ3v) is 0. The van der Waals surface area contributed by atoms with Crippen LogP contribution in [0.4, 0.5) is 0 Å². The summed E-state index contributed by atoms with van der Waals surface area (Å²) in [7, 11) is 0. The minimum Gasteiger partial charge on any atom is -0.550 e. The molecule has 0 aromatic rings. The maximum Gasteiger partial charge on any atom is 2.00 e. The van der Waals surface area contributed by atoms with Gasteiger partial charge in [-0.3, -0.25) is 0 Å². The maximum atomic E-state index is 8.89. The Kier molecular flexibility index (Phi) is 65.3. The number of carbonyl (C=O) groups excluding carboxylic acids is 2. The second-order valence-electron chi connectivity index (χ2n) is 0.983. The molecule has 0 aliphatic carbocycles. The summed E-state index contributed by atoms with van der Waals surface area (Å²) in [5.41, 5.74) is 0. The number of hydrogen-bond donors (Lipinski definition) is 0. The molecule has 0 aliphatic rings. The molecule has 0 aromatic heterocycles. The van der Waals surface area contributed by atoms with E-state index < -0.39 is 11.9 Å². The zero-order valence-corrected chi connectivity index (χ0v) is 6.88. The van der Waals surface area contributed by atoms with Crippen molar-refractivity contribution < 1.29 is 47.8 Å². The van der Waals surface area contributed by atoms with Crippen LogP contribution in [-0.2, 0) is 26.7 Å². The molecular weight excluding hydrogens is 208 g/mol. The van der Waals surface area contributed by atoms with Gasteiger partial charge in [0.25, 0.3) is 0 Å². The van der Waals surface area contributed by atoms with Gasteiger partial charge in [-0.2, -0.15) is 0 Å². The molecule has 0 saturated heterocycles. The van der Waals surface area contributed by atoms with Gasteiger partial charge in [0, 0.05) is 11.9 Å². The van der Waals surface area contributed by atoms with E-state index in [0.29, 0.717) is 0 Å². The second-order valence-corrected chi connectivity index (χ2v) is 0.983. The Morgan fingerprint density at radius 2 is 0.909 bits per heavy atom. The van der Waals surface area contributed by atoms with Crippen LogP contribution in [0.15, 0.2) is 0 Å². The van der Waals surface area contributed by atoms with Crippen molar-refractivity contribution in [3.63, 3.8) is 0 Å². The summed E-state index contributed by atoms with van der Waals surface area (Å²) in [6.45, 7) is 1.94. The average molecular weight is 218 g/mol. The number of carboxylic acid groups (broad SMARTS) is 2. The molecule has 0 spiro atoms. The topological polar surface area (TPSA) is 143 Å². The van der Waals surface area contributed by atoms with Crippen LogP contribution < -0.4 is 10.2 Å².